The standard InChI is InChI=1S/C6H18N3OP.Li.H/c1-7(2)11(10,8(3)4)9(5)6;;/h1-6H3;;/q;+1;-1. The van der Waals surface area contributed by atoms with E-state index in [-0.39, 0.29) is 20.3 Å². The van der Waals surface area contributed by atoms with Crippen LogP contribution in [0.15, 0.2) is 0 Å². The SMILES string of the molecule is CN(C)P(=O)(N(C)C)N(C)C.[H-].[Li+]. The van der Waals surface area contributed by atoms with Gasteiger partial charge in [0.2, 0.25) is 0 Å². The molecular formula is C6H19LiN3OP. The second kappa shape index (κ2) is 5.44. The molecular weight excluding hydrogens is 168 g/mol. The summed E-state index contributed by atoms with van der Waals surface area (Å²) in [6.07, 6.45) is 0. The summed E-state index contributed by atoms with van der Waals surface area (Å²) in [5, 5.41) is 0. The third kappa shape index (κ3) is 2.88. The monoisotopic (exact) mass is 187 g/mol. The van der Waals surface area contributed by atoms with Crippen LogP contribution in [0.5, 0.6) is 0 Å². The zero-order valence-corrected chi connectivity index (χ0v) is 10.1. The number of nitrogens with zero attached hydrogens (tertiary/aromatic N) is 3. The van der Waals surface area contributed by atoms with E-state index in [1.165, 1.54) is 0 Å². The minimum atomic E-state index is -2.44. The van der Waals surface area contributed by atoms with Crippen molar-refractivity contribution in [3.63, 3.8) is 0 Å². The number of rotatable bonds is 3. The molecule has 0 aliphatic heterocycles. The summed E-state index contributed by atoms with van der Waals surface area (Å²) in [6.45, 7) is 0. The third-order valence-electron chi connectivity index (χ3n) is 1.56. The molecule has 0 aliphatic carbocycles. The van der Waals surface area contributed by atoms with Gasteiger partial charge in [-0.25, -0.2) is 14.0 Å². The molecule has 0 aromatic carbocycles. The van der Waals surface area contributed by atoms with Crippen molar-refractivity contribution in [2.24, 2.45) is 0 Å². The molecule has 4 nitrogen and oxygen atoms in total. The zero-order chi connectivity index (χ0) is 9.23. The molecule has 0 aromatic heterocycles. The Labute approximate surface area is 89.1 Å². The topological polar surface area (TPSA) is 26.8 Å². The van der Waals surface area contributed by atoms with Gasteiger partial charge in [-0.3, -0.25) is 4.57 Å². The van der Waals surface area contributed by atoms with Gasteiger partial charge in [0.25, 0.3) is 7.59 Å². The van der Waals surface area contributed by atoms with Crippen molar-refractivity contribution in [1.82, 2.24) is 14.0 Å². The van der Waals surface area contributed by atoms with Gasteiger partial charge >= 0.3 is 18.9 Å². The second-order valence-corrected chi connectivity index (χ2v) is 6.48. The van der Waals surface area contributed by atoms with Gasteiger partial charge in [-0.1, -0.05) is 0 Å². The third-order valence-corrected chi connectivity index (χ3v) is 4.69. The van der Waals surface area contributed by atoms with E-state index in [1.54, 1.807) is 14.0 Å². The Balaban J connectivity index is -0.000000500. The maximum atomic E-state index is 12.1. The summed E-state index contributed by atoms with van der Waals surface area (Å²) in [5.41, 5.74) is 0. The van der Waals surface area contributed by atoms with E-state index in [1.807, 2.05) is 42.3 Å². The van der Waals surface area contributed by atoms with Gasteiger partial charge in [-0.05, 0) is 42.3 Å². The van der Waals surface area contributed by atoms with Crippen molar-refractivity contribution < 1.29 is 24.9 Å². The summed E-state index contributed by atoms with van der Waals surface area (Å²) in [5.74, 6) is 0. The van der Waals surface area contributed by atoms with Gasteiger partial charge in [0.1, 0.15) is 0 Å². The first kappa shape index (κ1) is 15.2. The first-order chi connectivity index (χ1) is 4.83. The fraction of sp³-hybridized carbons (Fsp3) is 1.00. The first-order valence-electron chi connectivity index (χ1n) is 3.47. The molecule has 0 N–H and O–H groups in total. The van der Waals surface area contributed by atoms with Gasteiger partial charge < -0.3 is 1.43 Å². The Kier molecular flexibility index (Phi) is 6.89. The van der Waals surface area contributed by atoms with Crippen molar-refractivity contribution in [3.05, 3.63) is 0 Å². The van der Waals surface area contributed by atoms with Gasteiger partial charge in [0.15, 0.2) is 0 Å². The van der Waals surface area contributed by atoms with Crippen molar-refractivity contribution >= 4 is 7.59 Å². The van der Waals surface area contributed by atoms with Crippen LogP contribution in [0, 0.1) is 0 Å². The van der Waals surface area contributed by atoms with Crippen LogP contribution in [-0.4, -0.2) is 56.3 Å². The predicted molar refractivity (Wildman–Crippen MR) is 49.8 cm³/mol. The molecule has 0 heterocycles. The maximum absolute atomic E-state index is 12.1. The van der Waals surface area contributed by atoms with Crippen molar-refractivity contribution in [2.75, 3.05) is 42.3 Å². The Hall–Kier alpha value is 0.707. The molecule has 12 heavy (non-hydrogen) atoms. The molecule has 0 aliphatic rings. The number of hydrogen-bond acceptors (Lipinski definition) is 1. The summed E-state index contributed by atoms with van der Waals surface area (Å²) in [4.78, 5) is 0. The van der Waals surface area contributed by atoms with Crippen LogP contribution in [0.2, 0.25) is 0 Å². The molecule has 6 heteroatoms. The molecule has 0 fully saturated rings. The van der Waals surface area contributed by atoms with E-state index >= 15 is 0 Å². The Morgan fingerprint density at radius 2 is 1.00 bits per heavy atom. The second-order valence-electron chi connectivity index (χ2n) is 3.05. The van der Waals surface area contributed by atoms with Crippen molar-refractivity contribution in [2.45, 2.75) is 0 Å². The van der Waals surface area contributed by atoms with E-state index in [0.717, 1.165) is 0 Å². The summed E-state index contributed by atoms with van der Waals surface area (Å²) >= 11 is 0. The Bertz CT molecular complexity index is 149. The minimum absolute atomic E-state index is 0. The summed E-state index contributed by atoms with van der Waals surface area (Å²) < 4.78 is 17.3. The molecule has 0 unspecified atom stereocenters. The van der Waals surface area contributed by atoms with Gasteiger partial charge in [-0.2, -0.15) is 0 Å². The quantitative estimate of drug-likeness (QED) is 0.373. The molecule has 0 spiro atoms. The molecule has 0 saturated carbocycles. The van der Waals surface area contributed by atoms with Crippen LogP contribution < -0.4 is 18.9 Å². The van der Waals surface area contributed by atoms with Crippen molar-refractivity contribution in [1.29, 1.82) is 0 Å². The fourth-order valence-corrected chi connectivity index (χ4v) is 3.22. The molecule has 0 rings (SSSR count). The van der Waals surface area contributed by atoms with E-state index in [4.69, 9.17) is 0 Å². The van der Waals surface area contributed by atoms with E-state index in [9.17, 15) is 4.57 Å². The van der Waals surface area contributed by atoms with Crippen LogP contribution in [0.25, 0.3) is 0 Å². The normalized spacial score (nSPS) is 12.4. The molecule has 0 bridgehead atoms. The number of hydrogen-bond donors (Lipinski definition) is 0. The fourth-order valence-electron chi connectivity index (χ4n) is 1.07. The summed E-state index contributed by atoms with van der Waals surface area (Å²) in [7, 11) is 8.49. The van der Waals surface area contributed by atoms with Crippen LogP contribution in [-0.2, 0) is 4.57 Å². The van der Waals surface area contributed by atoms with Crippen LogP contribution in [0.1, 0.15) is 1.43 Å². The zero-order valence-electron chi connectivity index (χ0n) is 10.2. The smallest absolute Gasteiger partial charge is 1.00 e. The average molecular weight is 187 g/mol. The molecule has 0 aromatic rings. The Morgan fingerprint density at radius 3 is 1.00 bits per heavy atom. The van der Waals surface area contributed by atoms with Crippen LogP contribution in [0.4, 0.5) is 0 Å². The van der Waals surface area contributed by atoms with Gasteiger partial charge in [0, 0.05) is 0 Å². The maximum Gasteiger partial charge on any atom is 1.00 e. The first-order valence-corrected chi connectivity index (χ1v) is 5.03. The van der Waals surface area contributed by atoms with Crippen molar-refractivity contribution in [3.8, 4) is 0 Å². The average Bonchev–Trinajstić information content (AvgIpc) is 1.84. The minimum Gasteiger partial charge on any atom is -1.00 e. The largest absolute Gasteiger partial charge is 1.00 e. The molecule has 0 saturated heterocycles. The Morgan fingerprint density at radius 1 is 0.833 bits per heavy atom. The molecule has 0 atom stereocenters. The van der Waals surface area contributed by atoms with Gasteiger partial charge in [-0.15, -0.1) is 0 Å². The predicted octanol–water partition coefficient (Wildman–Crippen LogP) is -2.10. The van der Waals surface area contributed by atoms with E-state index in [0.29, 0.717) is 0 Å². The van der Waals surface area contributed by atoms with Gasteiger partial charge in [0.05, 0.1) is 0 Å². The van der Waals surface area contributed by atoms with Crippen LogP contribution in [0.3, 0.4) is 0 Å². The summed E-state index contributed by atoms with van der Waals surface area (Å²) in [6, 6.07) is 0. The molecule has 0 radical (unpaired) electrons. The van der Waals surface area contributed by atoms with Crippen LogP contribution >= 0.6 is 7.59 Å². The van der Waals surface area contributed by atoms with E-state index < -0.39 is 7.59 Å². The van der Waals surface area contributed by atoms with E-state index in [2.05, 4.69) is 0 Å². The molecule has 70 valence electrons. The molecule has 0 amide bonds.